The first-order valence-electron chi connectivity index (χ1n) is 13.6. The Labute approximate surface area is 238 Å². The fourth-order valence-corrected chi connectivity index (χ4v) is 5.57. The van der Waals surface area contributed by atoms with Crippen LogP contribution in [-0.2, 0) is 21.9 Å². The molecule has 1 heterocycles. The molecule has 2 atom stereocenters. The van der Waals surface area contributed by atoms with Gasteiger partial charge >= 0.3 is 12.4 Å². The molecule has 2 aromatic carbocycles. The number of halogens is 6. The molecule has 14 heteroatoms. The van der Waals surface area contributed by atoms with Gasteiger partial charge in [-0.3, -0.25) is 14.9 Å². The highest BCUT2D eigenvalue weighted by molar-refractivity contribution is 5.78. The van der Waals surface area contributed by atoms with Crippen LogP contribution in [0.15, 0.2) is 42.5 Å². The van der Waals surface area contributed by atoms with Crippen molar-refractivity contribution in [3.63, 3.8) is 0 Å². The molecule has 1 saturated carbocycles. The van der Waals surface area contributed by atoms with Gasteiger partial charge < -0.3 is 19.9 Å². The molecule has 1 aliphatic carbocycles. The number of nitrogens with one attached hydrogen (secondary N) is 1. The molecule has 0 radical (unpaired) electrons. The van der Waals surface area contributed by atoms with E-state index in [1.807, 2.05) is 18.7 Å². The lowest BCUT2D eigenvalue weighted by molar-refractivity contribution is -0.388. The number of hydrogen-bond donors (Lipinski definition) is 1. The van der Waals surface area contributed by atoms with E-state index in [2.05, 4.69) is 5.32 Å². The van der Waals surface area contributed by atoms with Crippen molar-refractivity contribution in [2.75, 3.05) is 29.9 Å². The van der Waals surface area contributed by atoms with Crippen molar-refractivity contribution < 1.29 is 40.8 Å². The molecule has 0 bridgehead atoms. The van der Waals surface area contributed by atoms with Crippen LogP contribution in [-0.4, -0.2) is 59.7 Å². The minimum atomic E-state index is -4.86. The Morgan fingerprint density at radius 1 is 0.952 bits per heavy atom. The predicted octanol–water partition coefficient (Wildman–Crippen LogP) is 6.50. The molecule has 1 aliphatic heterocycles. The minimum absolute atomic E-state index is 0.124. The number of carbonyl (C=O) groups excluding carboxylic acids is 1. The molecule has 1 N–H and O–H groups in total. The van der Waals surface area contributed by atoms with Gasteiger partial charge in [0.05, 0.1) is 16.6 Å². The highest BCUT2D eigenvalue weighted by Crippen LogP contribution is 2.38. The zero-order valence-electron chi connectivity index (χ0n) is 23.0. The van der Waals surface area contributed by atoms with Crippen LogP contribution in [0.2, 0.25) is 0 Å². The quantitative estimate of drug-likeness (QED) is 0.221. The smallest absolute Gasteiger partial charge is 0.382 e. The van der Waals surface area contributed by atoms with Gasteiger partial charge in [-0.2, -0.15) is 26.3 Å². The Morgan fingerprint density at radius 2 is 1.60 bits per heavy atom. The molecule has 0 unspecified atom stereocenters. The second kappa shape index (κ2) is 12.4. The minimum Gasteiger partial charge on any atom is -0.382 e. The van der Waals surface area contributed by atoms with E-state index in [9.17, 15) is 41.3 Å². The Bertz CT molecular complexity index is 1260. The molecule has 2 fully saturated rings. The van der Waals surface area contributed by atoms with E-state index in [-0.39, 0.29) is 42.4 Å². The zero-order chi connectivity index (χ0) is 30.8. The number of alkyl halides is 6. The molecule has 8 nitrogen and oxygen atoms in total. The summed E-state index contributed by atoms with van der Waals surface area (Å²) in [6, 6.07) is 7.36. The van der Waals surface area contributed by atoms with Crippen molar-refractivity contribution in [1.29, 1.82) is 0 Å². The summed E-state index contributed by atoms with van der Waals surface area (Å²) in [4.78, 5) is 26.6. The van der Waals surface area contributed by atoms with Gasteiger partial charge in [0.15, 0.2) is 0 Å². The number of benzene rings is 2. The van der Waals surface area contributed by atoms with Gasteiger partial charge in [0.25, 0.3) is 5.69 Å². The number of rotatable bonds is 7. The number of anilines is 2. The number of carbonyl (C=O) groups is 1. The van der Waals surface area contributed by atoms with Crippen molar-refractivity contribution in [3.8, 4) is 0 Å². The summed E-state index contributed by atoms with van der Waals surface area (Å²) in [6.45, 7) is 4.49. The van der Waals surface area contributed by atoms with Crippen LogP contribution < -0.4 is 10.2 Å². The fourth-order valence-electron chi connectivity index (χ4n) is 5.57. The van der Waals surface area contributed by atoms with Crippen molar-refractivity contribution in [2.45, 2.75) is 76.1 Å². The Balaban J connectivity index is 1.25. The van der Waals surface area contributed by atoms with Gasteiger partial charge in [0, 0.05) is 48.7 Å². The van der Waals surface area contributed by atoms with Gasteiger partial charge in [-0.05, 0) is 75.9 Å². The molecule has 0 aromatic heterocycles. The van der Waals surface area contributed by atoms with Gasteiger partial charge in [-0.25, -0.2) is 0 Å². The average molecular weight is 603 g/mol. The van der Waals surface area contributed by atoms with Crippen molar-refractivity contribution >= 4 is 23.0 Å². The van der Waals surface area contributed by atoms with E-state index in [1.54, 1.807) is 4.90 Å². The first-order chi connectivity index (χ1) is 19.6. The number of nitrogens with zero attached hydrogens (tertiary/aromatic N) is 3. The summed E-state index contributed by atoms with van der Waals surface area (Å²) < 4.78 is 84.5. The third-order valence-corrected chi connectivity index (χ3v) is 7.82. The summed E-state index contributed by atoms with van der Waals surface area (Å²) in [7, 11) is 0. The first-order valence-corrected chi connectivity index (χ1v) is 13.6. The maximum atomic E-state index is 13.3. The SMILES string of the molecule is C[C@@H]1CN(c2ccc(C(F)(F)F)cc2)[C@@H](C)CN1C(=O)COC1CCC(Nc2ccc([N+](=O)[O-])c(C(F)(F)F)c2)CC1. The van der Waals surface area contributed by atoms with E-state index in [1.165, 1.54) is 18.2 Å². The van der Waals surface area contributed by atoms with Crippen LogP contribution in [0.4, 0.5) is 43.4 Å². The van der Waals surface area contributed by atoms with Crippen LogP contribution >= 0.6 is 0 Å². The van der Waals surface area contributed by atoms with Gasteiger partial charge in [-0.1, -0.05) is 0 Å². The van der Waals surface area contributed by atoms with Crippen LogP contribution in [0.5, 0.6) is 0 Å². The number of ether oxygens (including phenoxy) is 1. The fraction of sp³-hybridized carbons (Fsp3) is 0.536. The number of amides is 1. The first kappa shape index (κ1) is 31.4. The summed E-state index contributed by atoms with van der Waals surface area (Å²) in [5, 5.41) is 14.0. The van der Waals surface area contributed by atoms with E-state index < -0.39 is 34.1 Å². The van der Waals surface area contributed by atoms with Crippen LogP contribution in [0.1, 0.15) is 50.7 Å². The van der Waals surface area contributed by atoms with Crippen molar-refractivity contribution in [2.24, 2.45) is 0 Å². The molecule has 0 spiro atoms. The van der Waals surface area contributed by atoms with Gasteiger partial charge in [-0.15, -0.1) is 0 Å². The lowest BCUT2D eigenvalue weighted by Crippen LogP contribution is -2.59. The van der Waals surface area contributed by atoms with Crippen LogP contribution in [0, 0.1) is 10.1 Å². The Hall–Kier alpha value is -3.55. The molecule has 230 valence electrons. The molecule has 4 rings (SSSR count). The largest absolute Gasteiger partial charge is 0.423 e. The standard InChI is InChI=1S/C28H32F6N4O4/c1-17-15-37(18(2)14-36(17)22-8-3-19(4-9-22)27(29,30)31)26(39)16-42-23-10-5-20(6-11-23)35-21-7-12-25(38(40)41)24(13-21)28(32,33)34/h3-4,7-9,12-13,17-18,20,23,35H,5-6,10-11,14-16H2,1-2H3/t17-,18+,20?,23?/m0/s1. The highest BCUT2D eigenvalue weighted by Gasteiger charge is 2.39. The maximum absolute atomic E-state index is 13.3. The second-order valence-electron chi connectivity index (χ2n) is 10.9. The third-order valence-electron chi connectivity index (χ3n) is 7.82. The van der Waals surface area contributed by atoms with E-state index in [4.69, 9.17) is 4.74 Å². The normalized spacial score (nSPS) is 23.5. The van der Waals surface area contributed by atoms with E-state index in [0.717, 1.165) is 24.3 Å². The topological polar surface area (TPSA) is 88.0 Å². The van der Waals surface area contributed by atoms with Crippen molar-refractivity contribution in [1.82, 2.24) is 4.90 Å². The van der Waals surface area contributed by atoms with Crippen molar-refractivity contribution in [3.05, 3.63) is 63.7 Å². The lowest BCUT2D eigenvalue weighted by atomic mass is 9.92. The molecular formula is C28H32F6N4O4. The third kappa shape index (κ3) is 7.44. The monoisotopic (exact) mass is 602 g/mol. The summed E-state index contributed by atoms with van der Waals surface area (Å²) >= 11 is 0. The Kier molecular flexibility index (Phi) is 9.24. The second-order valence-corrected chi connectivity index (χ2v) is 10.9. The molecule has 2 aromatic rings. The predicted molar refractivity (Wildman–Crippen MR) is 143 cm³/mol. The number of nitro benzene ring substituents is 1. The molecule has 42 heavy (non-hydrogen) atoms. The molecular weight excluding hydrogens is 570 g/mol. The lowest BCUT2D eigenvalue weighted by Gasteiger charge is -2.45. The summed E-state index contributed by atoms with van der Waals surface area (Å²) in [5.41, 5.74) is -2.23. The summed E-state index contributed by atoms with van der Waals surface area (Å²) in [6.07, 6.45) is -7.15. The number of nitro groups is 1. The molecule has 1 saturated heterocycles. The zero-order valence-corrected chi connectivity index (χ0v) is 23.0. The highest BCUT2D eigenvalue weighted by atomic mass is 19.4. The molecule has 2 aliphatic rings. The van der Waals surface area contributed by atoms with Crippen LogP contribution in [0.25, 0.3) is 0 Å². The van der Waals surface area contributed by atoms with Gasteiger partial charge in [0.1, 0.15) is 12.2 Å². The maximum Gasteiger partial charge on any atom is 0.423 e. The summed E-state index contributed by atoms with van der Waals surface area (Å²) in [5.74, 6) is -0.188. The van der Waals surface area contributed by atoms with E-state index >= 15 is 0 Å². The molecule has 1 amide bonds. The van der Waals surface area contributed by atoms with Crippen LogP contribution in [0.3, 0.4) is 0 Å². The average Bonchev–Trinajstić information content (AvgIpc) is 2.92. The number of hydrogen-bond acceptors (Lipinski definition) is 6. The van der Waals surface area contributed by atoms with Gasteiger partial charge in [0.2, 0.25) is 5.91 Å². The van der Waals surface area contributed by atoms with E-state index in [0.29, 0.717) is 44.5 Å². The number of piperazine rings is 1. The Morgan fingerprint density at radius 3 is 2.17 bits per heavy atom.